The predicted molar refractivity (Wildman–Crippen MR) is 28.2 cm³/mol. The van der Waals surface area contributed by atoms with Gasteiger partial charge in [0.1, 0.15) is 5.78 Å². The summed E-state index contributed by atoms with van der Waals surface area (Å²) in [7, 11) is 0. The molecule has 0 saturated heterocycles. The van der Waals surface area contributed by atoms with Gasteiger partial charge >= 0.3 is 27.8 Å². The van der Waals surface area contributed by atoms with Gasteiger partial charge in [0, 0.05) is 6.42 Å². The minimum absolute atomic E-state index is 0.0463. The van der Waals surface area contributed by atoms with Crippen molar-refractivity contribution in [3.63, 3.8) is 0 Å². The fourth-order valence-electron chi connectivity index (χ4n) is 0.283. The van der Waals surface area contributed by atoms with Gasteiger partial charge < -0.3 is 9.90 Å². The molecule has 10 heavy (non-hydrogen) atoms. The summed E-state index contributed by atoms with van der Waals surface area (Å²) < 4.78 is 8.38. The Hall–Kier alpha value is -0.437. The van der Waals surface area contributed by atoms with Gasteiger partial charge in [-0.25, -0.2) is 0 Å². The first-order chi connectivity index (χ1) is 4.63. The maximum absolute atomic E-state index is 10.1. The summed E-state index contributed by atoms with van der Waals surface area (Å²) in [6.45, 7) is 1.38. The van der Waals surface area contributed by atoms with E-state index in [-0.39, 0.29) is 36.9 Å². The Kier molecular flexibility index (Phi) is 10.5. The third kappa shape index (κ3) is 15.6. The van der Waals surface area contributed by atoms with Gasteiger partial charge in [0.25, 0.3) is 0 Å². The molecule has 0 spiro atoms. The molecule has 0 bridgehead atoms. The molecule has 0 rings (SSSR count). The number of hydrogen-bond donors (Lipinski definition) is 1. The van der Waals surface area contributed by atoms with Gasteiger partial charge in [-0.2, -0.15) is 0 Å². The van der Waals surface area contributed by atoms with Crippen LogP contribution in [-0.2, 0) is 31.4 Å². The van der Waals surface area contributed by atoms with Gasteiger partial charge in [0.2, 0.25) is 0 Å². The molecule has 0 aliphatic heterocycles. The van der Waals surface area contributed by atoms with E-state index in [1.165, 1.54) is 6.92 Å². The number of hydrogen-bond acceptors (Lipinski definition) is 3. The predicted octanol–water partition coefficient (Wildman–Crippen LogP) is 0.319. The number of carboxylic acid groups (broad SMARTS) is 1. The molecule has 0 radical (unpaired) electrons. The molecule has 0 amide bonds. The second kappa shape index (κ2) is 8.56. The van der Waals surface area contributed by atoms with E-state index in [0.717, 1.165) is 0 Å². The molecule has 1 N–H and O–H groups in total. The molecule has 54 valence electrons. The SMILES string of the molecule is CC(=O)CCC(=O)O.[O]=[Zn]. The van der Waals surface area contributed by atoms with Crippen molar-refractivity contribution < 1.29 is 36.5 Å². The van der Waals surface area contributed by atoms with Crippen LogP contribution in [0.1, 0.15) is 19.8 Å². The van der Waals surface area contributed by atoms with Crippen molar-refractivity contribution in [2.45, 2.75) is 19.8 Å². The zero-order chi connectivity index (χ0) is 8.57. The van der Waals surface area contributed by atoms with Crippen LogP contribution in [0.15, 0.2) is 0 Å². The van der Waals surface area contributed by atoms with Crippen LogP contribution in [-0.4, -0.2) is 16.9 Å². The molecule has 0 atom stereocenters. The molecular formula is C5H8O4Zn. The molecule has 5 heteroatoms. The number of carbonyl (C=O) groups excluding carboxylic acids is 1. The molecule has 0 aromatic heterocycles. The van der Waals surface area contributed by atoms with E-state index in [0.29, 0.717) is 0 Å². The topological polar surface area (TPSA) is 71.4 Å². The quantitative estimate of drug-likeness (QED) is 0.662. The first-order valence-corrected chi connectivity index (χ1v) is 3.84. The van der Waals surface area contributed by atoms with Gasteiger partial charge in [-0.15, -0.1) is 0 Å². The molecule has 0 aliphatic carbocycles. The minimum atomic E-state index is -0.916. The van der Waals surface area contributed by atoms with Crippen LogP contribution < -0.4 is 0 Å². The van der Waals surface area contributed by atoms with E-state index in [4.69, 9.17) is 8.68 Å². The van der Waals surface area contributed by atoms with Crippen LogP contribution in [0.5, 0.6) is 0 Å². The summed E-state index contributed by atoms with van der Waals surface area (Å²) in [6.07, 6.45) is 0.102. The van der Waals surface area contributed by atoms with Gasteiger partial charge in [-0.3, -0.25) is 4.79 Å². The zero-order valence-corrected chi connectivity index (χ0v) is 8.76. The maximum atomic E-state index is 10.1. The van der Waals surface area contributed by atoms with Crippen molar-refractivity contribution in [2.75, 3.05) is 0 Å². The third-order valence-corrected chi connectivity index (χ3v) is 0.691. The first kappa shape index (κ1) is 12.3. The molecule has 0 aliphatic rings. The summed E-state index contributed by atoms with van der Waals surface area (Å²) in [5.41, 5.74) is 0. The summed E-state index contributed by atoms with van der Waals surface area (Å²) >= 11 is 0.125. The number of carbonyl (C=O) groups is 2. The van der Waals surface area contributed by atoms with Gasteiger partial charge in [-0.1, -0.05) is 0 Å². The van der Waals surface area contributed by atoms with Crippen LogP contribution >= 0.6 is 0 Å². The van der Waals surface area contributed by atoms with Crippen LogP contribution in [0.2, 0.25) is 0 Å². The Morgan fingerprint density at radius 1 is 1.30 bits per heavy atom. The molecule has 0 fully saturated rings. The van der Waals surface area contributed by atoms with Crippen LogP contribution in [0.4, 0.5) is 0 Å². The number of ketones is 1. The van der Waals surface area contributed by atoms with E-state index in [1.807, 2.05) is 0 Å². The average Bonchev–Trinajstić information content (AvgIpc) is 1.89. The van der Waals surface area contributed by atoms with E-state index >= 15 is 0 Å². The summed E-state index contributed by atoms with van der Waals surface area (Å²) in [6, 6.07) is 0. The molecular weight excluding hydrogens is 189 g/mol. The Morgan fingerprint density at radius 3 is 1.80 bits per heavy atom. The van der Waals surface area contributed by atoms with E-state index in [1.54, 1.807) is 0 Å². The fourth-order valence-corrected chi connectivity index (χ4v) is 0.283. The molecule has 4 nitrogen and oxygen atoms in total. The van der Waals surface area contributed by atoms with Gasteiger partial charge in [0.15, 0.2) is 0 Å². The van der Waals surface area contributed by atoms with Crippen molar-refractivity contribution in [2.24, 2.45) is 0 Å². The molecule has 0 aromatic rings. The van der Waals surface area contributed by atoms with Crippen LogP contribution in [0.25, 0.3) is 0 Å². The Labute approximate surface area is 68.6 Å². The van der Waals surface area contributed by atoms with E-state index in [2.05, 4.69) is 0 Å². The van der Waals surface area contributed by atoms with Crippen LogP contribution in [0.3, 0.4) is 0 Å². The fraction of sp³-hybridized carbons (Fsp3) is 0.600. The normalized spacial score (nSPS) is 7.50. The molecule has 0 unspecified atom stereocenters. The van der Waals surface area contributed by atoms with Gasteiger partial charge in [-0.05, 0) is 6.92 Å². The van der Waals surface area contributed by atoms with Crippen LogP contribution in [0, 0.1) is 0 Å². The number of aliphatic carboxylic acids is 1. The number of Topliss-reactive ketones (excluding diaryl/α,β-unsaturated/α-hetero) is 1. The summed E-state index contributed by atoms with van der Waals surface area (Å²) in [4.78, 5) is 19.8. The zero-order valence-electron chi connectivity index (χ0n) is 5.79. The van der Waals surface area contributed by atoms with E-state index in [9.17, 15) is 9.59 Å². The first-order valence-electron chi connectivity index (χ1n) is 2.63. The second-order valence-corrected chi connectivity index (χ2v) is 1.60. The van der Waals surface area contributed by atoms with Crippen molar-refractivity contribution in [3.05, 3.63) is 0 Å². The third-order valence-electron chi connectivity index (χ3n) is 0.691. The Bertz CT molecular complexity index is 109. The van der Waals surface area contributed by atoms with Crippen molar-refractivity contribution in [1.82, 2.24) is 0 Å². The summed E-state index contributed by atoms with van der Waals surface area (Å²) in [5.74, 6) is -0.993. The Morgan fingerprint density at radius 2 is 1.70 bits per heavy atom. The molecule has 0 aromatic carbocycles. The van der Waals surface area contributed by atoms with Crippen molar-refractivity contribution >= 4 is 11.8 Å². The number of carboxylic acids is 1. The molecule has 0 saturated carbocycles. The average molecular weight is 198 g/mol. The van der Waals surface area contributed by atoms with Crippen molar-refractivity contribution in [1.29, 1.82) is 0 Å². The summed E-state index contributed by atoms with van der Waals surface area (Å²) in [5, 5.41) is 8.01. The second-order valence-electron chi connectivity index (χ2n) is 1.60. The van der Waals surface area contributed by atoms with Crippen molar-refractivity contribution in [3.8, 4) is 0 Å². The monoisotopic (exact) mass is 196 g/mol. The standard InChI is InChI=1S/C5H8O3.O.Zn/c1-4(6)2-3-5(7)8;;/h2-3H2,1H3,(H,7,8);;. The Balaban J connectivity index is 0. The van der Waals surface area contributed by atoms with E-state index < -0.39 is 5.97 Å². The van der Waals surface area contributed by atoms with Gasteiger partial charge in [0.05, 0.1) is 6.42 Å². The molecule has 0 heterocycles. The number of rotatable bonds is 3.